The van der Waals surface area contributed by atoms with Crippen molar-refractivity contribution in [3.63, 3.8) is 0 Å². The highest BCUT2D eigenvalue weighted by molar-refractivity contribution is 8.55. The van der Waals surface area contributed by atoms with Gasteiger partial charge in [0.05, 0.1) is 15.7 Å². The molecule has 6 nitrogen and oxygen atoms in total. The zero-order valence-corrected chi connectivity index (χ0v) is 23.8. The second kappa shape index (κ2) is 12.7. The molecule has 5 rings (SSSR count). The minimum absolute atomic E-state index is 0.216. The Morgan fingerprint density at radius 1 is 0.564 bits per heavy atom. The summed E-state index contributed by atoms with van der Waals surface area (Å²) in [4.78, 5) is 30.6. The number of nitrogens with zero attached hydrogens (tertiary/aromatic N) is 1. The Balaban J connectivity index is 1.40. The summed E-state index contributed by atoms with van der Waals surface area (Å²) >= 11 is 3.26. The van der Waals surface area contributed by atoms with Gasteiger partial charge in [0, 0.05) is 21.2 Å². The minimum atomic E-state index is -3.90. The van der Waals surface area contributed by atoms with Crippen LogP contribution in [0.3, 0.4) is 0 Å². The molecule has 0 N–H and O–H groups in total. The lowest BCUT2D eigenvalue weighted by Gasteiger charge is -2.21. The molecule has 4 aromatic carbocycles. The van der Waals surface area contributed by atoms with E-state index < -0.39 is 18.6 Å². The molecule has 0 fully saturated rings. The standard InChI is InChI=1S/C29H22NO5PS3/c31-28-26(38-24-17-9-3-10-18-24)27(39-25-19-11-4-12-20-25)29(32)30(28)21-37-36(33,34-22-13-5-1-6-14-22)35-23-15-7-2-8-16-23/h1-20H,21H2. The quantitative estimate of drug-likeness (QED) is 0.128. The van der Waals surface area contributed by atoms with Crippen molar-refractivity contribution >= 4 is 53.5 Å². The molecule has 0 aromatic heterocycles. The van der Waals surface area contributed by atoms with Gasteiger partial charge in [0.1, 0.15) is 11.5 Å². The van der Waals surface area contributed by atoms with Gasteiger partial charge in [0.2, 0.25) is 0 Å². The highest BCUT2D eigenvalue weighted by Crippen LogP contribution is 2.60. The maximum atomic E-state index is 13.9. The Bertz CT molecular complexity index is 1410. The summed E-state index contributed by atoms with van der Waals surface area (Å²) in [7, 11) is 0. The molecule has 1 aliphatic rings. The van der Waals surface area contributed by atoms with E-state index in [-0.39, 0.29) is 5.88 Å². The molecule has 0 spiro atoms. The van der Waals surface area contributed by atoms with Gasteiger partial charge in [-0.3, -0.25) is 14.5 Å². The van der Waals surface area contributed by atoms with Crippen molar-refractivity contribution < 1.29 is 23.2 Å². The van der Waals surface area contributed by atoms with E-state index in [1.165, 1.54) is 23.5 Å². The smallest absolute Gasteiger partial charge is 0.408 e. The molecule has 1 aliphatic heterocycles. The van der Waals surface area contributed by atoms with Gasteiger partial charge in [-0.25, -0.2) is 4.57 Å². The third kappa shape index (κ3) is 6.99. The van der Waals surface area contributed by atoms with E-state index >= 15 is 0 Å². The summed E-state index contributed by atoms with van der Waals surface area (Å²) in [6.07, 6.45) is 0. The van der Waals surface area contributed by atoms with E-state index in [4.69, 9.17) is 9.05 Å². The van der Waals surface area contributed by atoms with Gasteiger partial charge in [0.25, 0.3) is 11.8 Å². The van der Waals surface area contributed by atoms with Crippen molar-refractivity contribution in [2.24, 2.45) is 0 Å². The molecular formula is C29H22NO5PS3. The summed E-state index contributed by atoms with van der Waals surface area (Å²) in [5.74, 6) is -0.424. The van der Waals surface area contributed by atoms with Crippen molar-refractivity contribution in [3.05, 3.63) is 131 Å². The number of carbonyl (C=O) groups is 2. The van der Waals surface area contributed by atoms with Crippen LogP contribution in [0.25, 0.3) is 0 Å². The second-order valence-corrected chi connectivity index (χ2v) is 14.1. The average Bonchev–Trinajstić information content (AvgIpc) is 3.17. The molecule has 0 unspecified atom stereocenters. The van der Waals surface area contributed by atoms with Crippen LogP contribution in [0.4, 0.5) is 0 Å². The number of benzene rings is 4. The molecule has 0 bridgehead atoms. The number of hydrogen-bond donors (Lipinski definition) is 0. The summed E-state index contributed by atoms with van der Waals surface area (Å²) in [6.45, 7) is -3.90. The van der Waals surface area contributed by atoms with Crippen LogP contribution in [-0.4, -0.2) is 22.6 Å². The van der Waals surface area contributed by atoms with Gasteiger partial charge in [0.15, 0.2) is 0 Å². The fourth-order valence-corrected chi connectivity index (χ4v) is 8.52. The predicted molar refractivity (Wildman–Crippen MR) is 158 cm³/mol. The van der Waals surface area contributed by atoms with Crippen molar-refractivity contribution in [2.45, 2.75) is 9.79 Å². The Kier molecular flexibility index (Phi) is 8.84. The van der Waals surface area contributed by atoms with Crippen LogP contribution < -0.4 is 9.05 Å². The Labute approximate surface area is 239 Å². The number of amides is 2. The molecule has 2 amide bonds. The summed E-state index contributed by atoms with van der Waals surface area (Å²) in [5, 5.41) is 0. The van der Waals surface area contributed by atoms with Gasteiger partial charge >= 0.3 is 6.80 Å². The van der Waals surface area contributed by atoms with E-state index in [9.17, 15) is 14.2 Å². The highest BCUT2D eigenvalue weighted by Gasteiger charge is 2.42. The first-order chi connectivity index (χ1) is 19.0. The molecule has 0 saturated heterocycles. The molecule has 196 valence electrons. The molecule has 1 heterocycles. The third-order valence-electron chi connectivity index (χ3n) is 5.28. The number of carbonyl (C=O) groups excluding carboxylic acids is 2. The van der Waals surface area contributed by atoms with Crippen molar-refractivity contribution in [2.75, 3.05) is 5.88 Å². The molecular weight excluding hydrogens is 569 g/mol. The third-order valence-corrected chi connectivity index (χ3v) is 10.9. The lowest BCUT2D eigenvalue weighted by molar-refractivity contribution is -0.135. The first-order valence-electron chi connectivity index (χ1n) is 11.8. The lowest BCUT2D eigenvalue weighted by Crippen LogP contribution is -2.31. The van der Waals surface area contributed by atoms with Gasteiger partial charge < -0.3 is 9.05 Å². The minimum Gasteiger partial charge on any atom is -0.408 e. The van der Waals surface area contributed by atoms with E-state index in [2.05, 4.69) is 0 Å². The normalized spacial score (nSPS) is 13.6. The van der Waals surface area contributed by atoms with E-state index in [0.717, 1.165) is 26.1 Å². The van der Waals surface area contributed by atoms with E-state index in [0.29, 0.717) is 21.3 Å². The van der Waals surface area contributed by atoms with Crippen molar-refractivity contribution in [3.8, 4) is 11.5 Å². The number of thioether (sulfide) groups is 2. The Morgan fingerprint density at radius 2 is 0.923 bits per heavy atom. The van der Waals surface area contributed by atoms with Gasteiger partial charge in [-0.05, 0) is 48.5 Å². The van der Waals surface area contributed by atoms with Crippen LogP contribution in [0.2, 0.25) is 0 Å². The maximum Gasteiger partial charge on any atom is 0.494 e. The fraction of sp³-hybridized carbons (Fsp3) is 0.0345. The van der Waals surface area contributed by atoms with Crippen LogP contribution in [0.15, 0.2) is 141 Å². The molecule has 4 aromatic rings. The van der Waals surface area contributed by atoms with Gasteiger partial charge in [-0.2, -0.15) is 0 Å². The van der Waals surface area contributed by atoms with E-state index in [1.54, 1.807) is 48.5 Å². The average molecular weight is 592 g/mol. The predicted octanol–water partition coefficient (Wildman–Crippen LogP) is 8.11. The van der Waals surface area contributed by atoms with Crippen molar-refractivity contribution in [1.29, 1.82) is 0 Å². The van der Waals surface area contributed by atoms with Crippen LogP contribution >= 0.6 is 41.7 Å². The Hall–Kier alpha value is -3.36. The number of para-hydroxylation sites is 2. The molecule has 0 aliphatic carbocycles. The zero-order chi connectivity index (χ0) is 27.1. The molecule has 0 radical (unpaired) electrons. The molecule has 0 saturated carbocycles. The van der Waals surface area contributed by atoms with E-state index in [1.807, 2.05) is 72.8 Å². The first kappa shape index (κ1) is 27.2. The molecule has 0 atom stereocenters. The number of rotatable bonds is 11. The topological polar surface area (TPSA) is 72.9 Å². The first-order valence-corrected chi connectivity index (χ1v) is 16.6. The number of hydrogen-bond acceptors (Lipinski definition) is 8. The summed E-state index contributed by atoms with van der Waals surface area (Å²) in [5.41, 5.74) is 0. The van der Waals surface area contributed by atoms with Gasteiger partial charge in [-0.1, -0.05) is 96.3 Å². The molecule has 39 heavy (non-hydrogen) atoms. The maximum absolute atomic E-state index is 13.9. The lowest BCUT2D eigenvalue weighted by atomic mass is 10.3. The van der Waals surface area contributed by atoms with Crippen LogP contribution in [0.5, 0.6) is 11.5 Å². The largest absolute Gasteiger partial charge is 0.494 e. The number of imide groups is 1. The van der Waals surface area contributed by atoms with Gasteiger partial charge in [-0.15, -0.1) is 0 Å². The summed E-state index contributed by atoms with van der Waals surface area (Å²) < 4.78 is 25.5. The van der Waals surface area contributed by atoms with Crippen LogP contribution in [-0.2, 0) is 14.2 Å². The second-order valence-electron chi connectivity index (χ2n) is 8.04. The van der Waals surface area contributed by atoms with Crippen LogP contribution in [0, 0.1) is 0 Å². The monoisotopic (exact) mass is 591 g/mol. The summed E-state index contributed by atoms with van der Waals surface area (Å²) in [6, 6.07) is 36.1. The van der Waals surface area contributed by atoms with Crippen LogP contribution in [0.1, 0.15) is 0 Å². The molecule has 10 heteroatoms. The highest BCUT2D eigenvalue weighted by atomic mass is 32.7. The zero-order valence-electron chi connectivity index (χ0n) is 20.4. The SMILES string of the molecule is O=C1C(Sc2ccccc2)=C(Sc2ccccc2)C(=O)N1CSP(=O)(Oc1ccccc1)Oc1ccccc1. The fourth-order valence-electron chi connectivity index (χ4n) is 3.46. The Morgan fingerprint density at radius 3 is 1.31 bits per heavy atom. The van der Waals surface area contributed by atoms with Crippen molar-refractivity contribution in [1.82, 2.24) is 4.90 Å².